The lowest BCUT2D eigenvalue weighted by Gasteiger charge is -2.04. The first-order valence-corrected chi connectivity index (χ1v) is 6.56. The Morgan fingerprint density at radius 3 is 2.95 bits per heavy atom. The second kappa shape index (κ2) is 4.93. The van der Waals surface area contributed by atoms with Crippen molar-refractivity contribution in [1.82, 2.24) is 9.38 Å². The van der Waals surface area contributed by atoms with Gasteiger partial charge in [-0.05, 0) is 40.2 Å². The Labute approximate surface area is 118 Å². The zero-order chi connectivity index (χ0) is 13.2. The maximum Gasteiger partial charge on any atom is 0.182 e. The van der Waals surface area contributed by atoms with Crippen LogP contribution in [0.15, 0.2) is 53.4 Å². The van der Waals surface area contributed by atoms with E-state index in [0.717, 1.165) is 15.9 Å². The van der Waals surface area contributed by atoms with Crippen molar-refractivity contribution in [3.63, 3.8) is 0 Å². The highest BCUT2D eigenvalue weighted by atomic mass is 79.9. The molecule has 0 aliphatic rings. The Morgan fingerprint density at radius 1 is 1.21 bits per heavy atom. The van der Waals surface area contributed by atoms with E-state index in [9.17, 15) is 5.11 Å². The molecule has 2 heterocycles. The molecule has 1 N–H and O–H groups in total. The van der Waals surface area contributed by atoms with Crippen molar-refractivity contribution < 1.29 is 9.84 Å². The smallest absolute Gasteiger partial charge is 0.182 e. The van der Waals surface area contributed by atoms with Crippen molar-refractivity contribution in [3.05, 3.63) is 59.1 Å². The predicted octanol–water partition coefficient (Wildman–Crippen LogP) is 3.38. The average molecular weight is 319 g/mol. The number of hydrogen-bond acceptors (Lipinski definition) is 3. The molecule has 2 aromatic heterocycles. The third kappa shape index (κ3) is 2.42. The quantitative estimate of drug-likeness (QED) is 0.805. The van der Waals surface area contributed by atoms with Crippen molar-refractivity contribution in [2.75, 3.05) is 0 Å². The molecule has 5 heteroatoms. The molecule has 4 nitrogen and oxygen atoms in total. The molecule has 0 spiro atoms. The van der Waals surface area contributed by atoms with Gasteiger partial charge in [0.2, 0.25) is 0 Å². The van der Waals surface area contributed by atoms with Crippen LogP contribution in [0.3, 0.4) is 0 Å². The van der Waals surface area contributed by atoms with Gasteiger partial charge in [-0.25, -0.2) is 4.98 Å². The Bertz CT molecular complexity index is 724. The first-order valence-electron chi connectivity index (χ1n) is 5.77. The Balaban J connectivity index is 1.86. The number of benzene rings is 1. The van der Waals surface area contributed by atoms with E-state index in [2.05, 4.69) is 20.9 Å². The third-order valence-corrected chi connectivity index (χ3v) is 3.33. The number of imidazole rings is 1. The van der Waals surface area contributed by atoms with Gasteiger partial charge in [-0.1, -0.05) is 12.1 Å². The number of hydrogen-bond donors (Lipinski definition) is 1. The van der Waals surface area contributed by atoms with Crippen LogP contribution < -0.4 is 4.74 Å². The Kier molecular flexibility index (Phi) is 3.13. The summed E-state index contributed by atoms with van der Waals surface area (Å²) in [5.41, 5.74) is 1.84. The zero-order valence-electron chi connectivity index (χ0n) is 9.95. The Morgan fingerprint density at radius 2 is 2.11 bits per heavy atom. The van der Waals surface area contributed by atoms with E-state index in [-0.39, 0.29) is 5.75 Å². The van der Waals surface area contributed by atoms with Gasteiger partial charge in [-0.3, -0.25) is 4.40 Å². The number of phenolic OH excluding ortho intramolecular Hbond substituents is 1. The van der Waals surface area contributed by atoms with Gasteiger partial charge < -0.3 is 9.84 Å². The zero-order valence-corrected chi connectivity index (χ0v) is 11.5. The van der Waals surface area contributed by atoms with Gasteiger partial charge in [0.05, 0.1) is 5.52 Å². The van der Waals surface area contributed by atoms with Gasteiger partial charge in [0.1, 0.15) is 23.8 Å². The van der Waals surface area contributed by atoms with Gasteiger partial charge in [0.15, 0.2) is 4.73 Å². The molecule has 0 aliphatic carbocycles. The fourth-order valence-electron chi connectivity index (χ4n) is 1.89. The van der Waals surface area contributed by atoms with Crippen molar-refractivity contribution in [2.45, 2.75) is 6.61 Å². The predicted molar refractivity (Wildman–Crippen MR) is 75.3 cm³/mol. The van der Waals surface area contributed by atoms with Crippen molar-refractivity contribution in [2.24, 2.45) is 0 Å². The van der Waals surface area contributed by atoms with Gasteiger partial charge in [0.25, 0.3) is 0 Å². The number of aromatic nitrogens is 2. The van der Waals surface area contributed by atoms with E-state index < -0.39 is 0 Å². The van der Waals surface area contributed by atoms with Gasteiger partial charge >= 0.3 is 0 Å². The molecule has 0 unspecified atom stereocenters. The fourth-order valence-corrected chi connectivity index (χ4v) is 2.42. The number of nitrogens with zero attached hydrogens (tertiary/aromatic N) is 2. The van der Waals surface area contributed by atoms with E-state index >= 15 is 0 Å². The van der Waals surface area contributed by atoms with Crippen LogP contribution in [0.5, 0.6) is 11.5 Å². The second-order valence-corrected chi connectivity index (χ2v) is 4.78. The van der Waals surface area contributed by atoms with Crippen molar-refractivity contribution >= 4 is 21.4 Å². The number of ether oxygens (including phenoxy) is 1. The minimum atomic E-state index is 0.188. The highest BCUT2D eigenvalue weighted by Gasteiger charge is 2.09. The molecular formula is C14H11BrN2O2. The summed E-state index contributed by atoms with van der Waals surface area (Å²) < 4.78 is 8.33. The van der Waals surface area contributed by atoms with E-state index in [0.29, 0.717) is 12.4 Å². The largest absolute Gasteiger partial charge is 0.508 e. The molecule has 0 bridgehead atoms. The molecule has 0 radical (unpaired) electrons. The maximum absolute atomic E-state index is 9.38. The summed E-state index contributed by atoms with van der Waals surface area (Å²) in [4.78, 5) is 4.42. The number of halogens is 1. The topological polar surface area (TPSA) is 46.8 Å². The van der Waals surface area contributed by atoms with Crippen LogP contribution in [0.25, 0.3) is 5.52 Å². The molecule has 96 valence electrons. The SMILES string of the molecule is Oc1cccc(OCc2nc(Br)n3ccccc23)c1. The minimum Gasteiger partial charge on any atom is -0.508 e. The lowest BCUT2D eigenvalue weighted by Crippen LogP contribution is -1.96. The van der Waals surface area contributed by atoms with Crippen molar-refractivity contribution in [3.8, 4) is 11.5 Å². The van der Waals surface area contributed by atoms with E-state index in [1.807, 2.05) is 28.8 Å². The van der Waals surface area contributed by atoms with E-state index in [1.54, 1.807) is 24.3 Å². The number of aromatic hydroxyl groups is 1. The third-order valence-electron chi connectivity index (χ3n) is 2.77. The average Bonchev–Trinajstić information content (AvgIpc) is 2.74. The number of rotatable bonds is 3. The van der Waals surface area contributed by atoms with Crippen LogP contribution in [0.1, 0.15) is 5.69 Å². The van der Waals surface area contributed by atoms with Gasteiger partial charge in [-0.15, -0.1) is 0 Å². The van der Waals surface area contributed by atoms with Crippen LogP contribution in [-0.4, -0.2) is 14.5 Å². The summed E-state index contributed by atoms with van der Waals surface area (Å²) in [5, 5.41) is 9.38. The first kappa shape index (κ1) is 12.0. The molecule has 0 saturated carbocycles. The summed E-state index contributed by atoms with van der Waals surface area (Å²) in [7, 11) is 0. The summed E-state index contributed by atoms with van der Waals surface area (Å²) >= 11 is 3.41. The van der Waals surface area contributed by atoms with E-state index in [1.165, 1.54) is 0 Å². The van der Waals surface area contributed by atoms with Gasteiger partial charge in [0, 0.05) is 12.3 Å². The van der Waals surface area contributed by atoms with Crippen LogP contribution >= 0.6 is 15.9 Å². The molecule has 1 aromatic carbocycles. The van der Waals surface area contributed by atoms with Crippen LogP contribution in [0, 0.1) is 0 Å². The van der Waals surface area contributed by atoms with Crippen LogP contribution in [0.4, 0.5) is 0 Å². The summed E-state index contributed by atoms with van der Waals surface area (Å²) in [5.74, 6) is 0.807. The fraction of sp³-hybridized carbons (Fsp3) is 0.0714. The number of phenols is 1. The molecule has 19 heavy (non-hydrogen) atoms. The maximum atomic E-state index is 9.38. The number of pyridine rings is 1. The molecule has 0 atom stereocenters. The summed E-state index contributed by atoms with van der Waals surface area (Å²) in [6.07, 6.45) is 1.93. The molecule has 0 amide bonds. The monoisotopic (exact) mass is 318 g/mol. The molecule has 0 saturated heterocycles. The summed E-state index contributed by atoms with van der Waals surface area (Å²) in [6, 6.07) is 12.6. The molecule has 3 aromatic rings. The normalized spacial score (nSPS) is 10.8. The van der Waals surface area contributed by atoms with E-state index in [4.69, 9.17) is 4.74 Å². The number of fused-ring (bicyclic) bond motifs is 1. The van der Waals surface area contributed by atoms with Crippen molar-refractivity contribution in [1.29, 1.82) is 0 Å². The minimum absolute atomic E-state index is 0.188. The highest BCUT2D eigenvalue weighted by Crippen LogP contribution is 2.21. The second-order valence-electron chi connectivity index (χ2n) is 4.07. The first-order chi connectivity index (χ1) is 9.24. The molecular weight excluding hydrogens is 308 g/mol. The molecule has 0 aliphatic heterocycles. The van der Waals surface area contributed by atoms with Crippen LogP contribution in [0.2, 0.25) is 0 Å². The lowest BCUT2D eigenvalue weighted by atomic mass is 10.3. The highest BCUT2D eigenvalue weighted by molar-refractivity contribution is 9.10. The Hall–Kier alpha value is -2.01. The summed E-state index contributed by atoms with van der Waals surface area (Å²) in [6.45, 7) is 0.350. The standard InChI is InChI=1S/C14H11BrN2O2/c15-14-16-12(13-6-1-2-7-17(13)14)9-19-11-5-3-4-10(18)8-11/h1-8,18H,9H2. The lowest BCUT2D eigenvalue weighted by molar-refractivity contribution is 0.301. The van der Waals surface area contributed by atoms with Gasteiger partial charge in [-0.2, -0.15) is 0 Å². The molecule has 0 fully saturated rings. The van der Waals surface area contributed by atoms with Crippen LogP contribution in [-0.2, 0) is 6.61 Å². The molecule has 3 rings (SSSR count).